The number of aryl methyl sites for hydroxylation is 1. The Hall–Kier alpha value is -2.59. The Labute approximate surface area is 265 Å². The number of sulfonamides is 1. The Morgan fingerprint density at radius 3 is 2.68 bits per heavy atom. The van der Waals surface area contributed by atoms with E-state index in [2.05, 4.69) is 23.1 Å². The first-order chi connectivity index (χ1) is 21.1. The lowest BCUT2D eigenvalue weighted by Gasteiger charge is -2.47. The van der Waals surface area contributed by atoms with Crippen LogP contribution in [0.1, 0.15) is 66.4 Å². The van der Waals surface area contributed by atoms with E-state index < -0.39 is 10.0 Å². The van der Waals surface area contributed by atoms with Crippen LogP contribution >= 0.6 is 11.6 Å². The van der Waals surface area contributed by atoms with E-state index >= 15 is 0 Å². The molecule has 2 aromatic carbocycles. The van der Waals surface area contributed by atoms with Crippen molar-refractivity contribution < 1.29 is 27.4 Å². The number of nitrogens with two attached hydrogens (primary N) is 1. The molecular formula is C34H43ClN2O6S. The molecular weight excluding hydrogens is 600 g/mol. The normalized spacial score (nSPS) is 27.2. The summed E-state index contributed by atoms with van der Waals surface area (Å²) in [6.07, 6.45) is 9.78. The number of halogens is 1. The summed E-state index contributed by atoms with van der Waals surface area (Å²) >= 11 is 6.42. The molecule has 0 bridgehead atoms. The number of methoxy groups -OCH3 is 2. The third-order valence-corrected chi connectivity index (χ3v) is 11.6. The second-order valence-corrected chi connectivity index (χ2v) is 15.3. The van der Waals surface area contributed by atoms with Crippen molar-refractivity contribution in [1.29, 1.82) is 0 Å². The van der Waals surface area contributed by atoms with E-state index in [1.165, 1.54) is 23.8 Å². The molecule has 0 aromatic heterocycles. The van der Waals surface area contributed by atoms with Crippen LogP contribution in [0, 0.1) is 17.8 Å². The molecule has 10 heteroatoms. The largest absolute Gasteiger partial charge is 0.490 e. The van der Waals surface area contributed by atoms with Gasteiger partial charge in [0.05, 0.1) is 36.8 Å². The number of hydrogen-bond acceptors (Lipinski definition) is 7. The molecule has 1 spiro atoms. The zero-order chi connectivity index (χ0) is 31.1. The molecule has 2 unspecified atom stereocenters. The summed E-state index contributed by atoms with van der Waals surface area (Å²) in [7, 11) is -0.293. The maximum absolute atomic E-state index is 12.6. The van der Waals surface area contributed by atoms with Gasteiger partial charge in [-0.05, 0) is 116 Å². The van der Waals surface area contributed by atoms with Gasteiger partial charge in [0.15, 0.2) is 0 Å². The van der Waals surface area contributed by atoms with Gasteiger partial charge in [-0.3, -0.25) is 0 Å². The number of nitrogens with zero attached hydrogens (tertiary/aromatic N) is 1. The summed E-state index contributed by atoms with van der Waals surface area (Å²) in [4.78, 5) is 15.0. The van der Waals surface area contributed by atoms with E-state index in [1.54, 1.807) is 13.2 Å². The van der Waals surface area contributed by atoms with Crippen molar-refractivity contribution in [2.75, 3.05) is 44.6 Å². The standard InChI is InChI=1S/C34H43ClN2O6S/c1-41-32(23-7-5-22(6-8-23)19-44(36,39)40)28-12-9-26(28)18-37-20-34(15-3-4-24-16-27(35)11-13-29(24)34)21-43-31-14-10-25(17-30(31)37)33(38)42-2/h7,10-11,13-14,16-17,22,26,28,32H,3-6,8-9,12,15,18-21H2,1-2H3,(H2,36,39,40)/t22-,26+,28-,32?,34?/m1/s1. The quantitative estimate of drug-likeness (QED) is 0.293. The van der Waals surface area contributed by atoms with E-state index in [-0.39, 0.29) is 29.2 Å². The van der Waals surface area contributed by atoms with Crippen molar-refractivity contribution in [3.8, 4) is 5.75 Å². The Morgan fingerprint density at radius 1 is 1.16 bits per heavy atom. The first-order valence-corrected chi connectivity index (χ1v) is 17.8. The summed E-state index contributed by atoms with van der Waals surface area (Å²) in [5, 5.41) is 6.08. The second kappa shape index (κ2) is 12.7. The van der Waals surface area contributed by atoms with Gasteiger partial charge in [0.2, 0.25) is 10.0 Å². The zero-order valence-electron chi connectivity index (χ0n) is 25.6. The minimum Gasteiger partial charge on any atom is -0.490 e. The van der Waals surface area contributed by atoms with Crippen LogP contribution in [-0.4, -0.2) is 60.2 Å². The van der Waals surface area contributed by atoms with Gasteiger partial charge in [-0.2, -0.15) is 0 Å². The van der Waals surface area contributed by atoms with Crippen LogP contribution in [0.2, 0.25) is 5.02 Å². The number of hydrogen-bond donors (Lipinski definition) is 1. The van der Waals surface area contributed by atoms with Crippen LogP contribution in [0.3, 0.4) is 0 Å². The van der Waals surface area contributed by atoms with Crippen molar-refractivity contribution >= 4 is 33.3 Å². The minimum atomic E-state index is -3.48. The maximum Gasteiger partial charge on any atom is 0.337 e. The zero-order valence-corrected chi connectivity index (χ0v) is 27.2. The SMILES string of the molecule is COC(=O)c1ccc2c(c1)N(C[C@@H]1CC[C@H]1C(OC)C1=CC[C@@H](CS(N)(=O)=O)CC1)CC1(CCCc3cc(Cl)ccc31)CO2. The lowest BCUT2D eigenvalue weighted by molar-refractivity contribution is 0.00323. The average molecular weight is 643 g/mol. The van der Waals surface area contributed by atoms with Gasteiger partial charge >= 0.3 is 5.97 Å². The number of carbonyl (C=O) groups excluding carboxylic acids is 1. The van der Waals surface area contributed by atoms with E-state index in [4.69, 9.17) is 31.0 Å². The molecule has 44 heavy (non-hydrogen) atoms. The van der Waals surface area contributed by atoms with Crippen LogP contribution < -0.4 is 14.8 Å². The predicted molar refractivity (Wildman–Crippen MR) is 172 cm³/mol. The van der Waals surface area contributed by atoms with Gasteiger partial charge in [0.25, 0.3) is 0 Å². The number of primary sulfonamides is 1. The topological polar surface area (TPSA) is 108 Å². The molecule has 6 rings (SSSR count). The number of anilines is 1. The monoisotopic (exact) mass is 642 g/mol. The number of allylic oxidation sites excluding steroid dienone is 1. The van der Waals surface area contributed by atoms with Crippen molar-refractivity contribution in [3.63, 3.8) is 0 Å². The summed E-state index contributed by atoms with van der Waals surface area (Å²) < 4.78 is 41.1. The number of benzene rings is 2. The summed E-state index contributed by atoms with van der Waals surface area (Å²) in [6, 6.07) is 11.9. The third kappa shape index (κ3) is 6.39. The molecule has 238 valence electrons. The van der Waals surface area contributed by atoms with Crippen molar-refractivity contribution in [2.24, 2.45) is 22.9 Å². The first kappa shape index (κ1) is 31.4. The van der Waals surface area contributed by atoms with Crippen molar-refractivity contribution in [1.82, 2.24) is 0 Å². The highest BCUT2D eigenvalue weighted by Gasteiger charge is 2.45. The molecule has 0 saturated heterocycles. The summed E-state index contributed by atoms with van der Waals surface area (Å²) in [5.41, 5.74) is 5.10. The highest BCUT2D eigenvalue weighted by Crippen LogP contribution is 2.48. The predicted octanol–water partition coefficient (Wildman–Crippen LogP) is 5.66. The smallest absolute Gasteiger partial charge is 0.337 e. The second-order valence-electron chi connectivity index (χ2n) is 13.2. The lowest BCUT2D eigenvalue weighted by Crippen LogP contribution is -2.50. The van der Waals surface area contributed by atoms with E-state index in [0.717, 1.165) is 74.5 Å². The van der Waals surface area contributed by atoms with Crippen molar-refractivity contribution in [2.45, 2.75) is 62.9 Å². The van der Waals surface area contributed by atoms with Gasteiger partial charge in [-0.15, -0.1) is 0 Å². The fourth-order valence-electron chi connectivity index (χ4n) is 8.11. The third-order valence-electron chi connectivity index (χ3n) is 10.4. The Balaban J connectivity index is 1.29. The number of esters is 1. The highest BCUT2D eigenvalue weighted by molar-refractivity contribution is 7.89. The number of ether oxygens (including phenoxy) is 3. The fourth-order valence-corrected chi connectivity index (χ4v) is 9.26. The van der Waals surface area contributed by atoms with Crippen LogP contribution in [0.25, 0.3) is 0 Å². The molecule has 5 atom stereocenters. The molecule has 0 amide bonds. The Bertz CT molecular complexity index is 1540. The molecule has 4 aliphatic rings. The highest BCUT2D eigenvalue weighted by atomic mass is 35.5. The van der Waals surface area contributed by atoms with Crippen LogP contribution in [0.5, 0.6) is 5.75 Å². The lowest BCUT2D eigenvalue weighted by atomic mass is 9.66. The van der Waals surface area contributed by atoms with E-state index in [9.17, 15) is 13.2 Å². The number of fused-ring (bicyclic) bond motifs is 3. The molecule has 2 N–H and O–H groups in total. The molecule has 1 saturated carbocycles. The van der Waals surface area contributed by atoms with Crippen molar-refractivity contribution in [3.05, 3.63) is 69.8 Å². The number of carbonyl (C=O) groups is 1. The van der Waals surface area contributed by atoms with Crippen LogP contribution in [0.15, 0.2) is 48.0 Å². The molecule has 1 aliphatic heterocycles. The van der Waals surface area contributed by atoms with Crippen LogP contribution in [0.4, 0.5) is 5.69 Å². The molecule has 1 fully saturated rings. The maximum atomic E-state index is 12.6. The summed E-state index contributed by atoms with van der Waals surface area (Å²) in [5.74, 6) is 1.25. The first-order valence-electron chi connectivity index (χ1n) is 15.7. The van der Waals surface area contributed by atoms with E-state index in [0.29, 0.717) is 30.4 Å². The Morgan fingerprint density at radius 2 is 2.00 bits per heavy atom. The molecule has 8 nitrogen and oxygen atoms in total. The molecule has 1 heterocycles. The van der Waals surface area contributed by atoms with Crippen LogP contribution in [-0.2, 0) is 31.3 Å². The van der Waals surface area contributed by atoms with E-state index in [1.807, 2.05) is 18.2 Å². The van der Waals surface area contributed by atoms with Gasteiger partial charge in [-0.1, -0.05) is 23.7 Å². The Kier molecular flexibility index (Phi) is 9.03. The van der Waals surface area contributed by atoms with Gasteiger partial charge in [0.1, 0.15) is 5.75 Å². The fraction of sp³-hybridized carbons (Fsp3) is 0.559. The average Bonchev–Trinajstić information content (AvgIpc) is 3.14. The van der Waals surface area contributed by atoms with Gasteiger partial charge in [0, 0.05) is 30.6 Å². The number of rotatable bonds is 8. The minimum absolute atomic E-state index is 0.000191. The molecule has 2 aromatic rings. The van der Waals surface area contributed by atoms with Gasteiger partial charge < -0.3 is 19.1 Å². The summed E-state index contributed by atoms with van der Waals surface area (Å²) in [6.45, 7) is 2.15. The molecule has 0 radical (unpaired) electrons. The van der Waals surface area contributed by atoms with Gasteiger partial charge in [-0.25, -0.2) is 18.4 Å². The molecule has 3 aliphatic carbocycles.